The quantitative estimate of drug-likeness (QED) is 0.536. The molecule has 0 atom stereocenters. The van der Waals surface area contributed by atoms with Crippen LogP contribution in [0.5, 0.6) is 0 Å². The SMILES string of the molecule is Cc1coc(SCCCCC#N)n1. The molecule has 0 radical (unpaired) electrons. The van der Waals surface area contributed by atoms with Crippen LogP contribution in [0.4, 0.5) is 0 Å². The molecule has 70 valence electrons. The third-order valence-corrected chi connectivity index (χ3v) is 2.43. The first-order valence-electron chi connectivity index (χ1n) is 4.25. The molecule has 13 heavy (non-hydrogen) atoms. The van der Waals surface area contributed by atoms with Gasteiger partial charge in [-0.3, -0.25) is 0 Å². The van der Waals surface area contributed by atoms with Crippen LogP contribution >= 0.6 is 11.8 Å². The van der Waals surface area contributed by atoms with Crippen LogP contribution in [0.15, 0.2) is 15.9 Å². The number of unbranched alkanes of at least 4 members (excludes halogenated alkanes) is 2. The van der Waals surface area contributed by atoms with E-state index in [1.54, 1.807) is 18.0 Å². The fourth-order valence-electron chi connectivity index (χ4n) is 0.864. The van der Waals surface area contributed by atoms with E-state index < -0.39 is 0 Å². The Hall–Kier alpha value is -0.950. The Labute approximate surface area is 82.2 Å². The van der Waals surface area contributed by atoms with Crippen molar-refractivity contribution in [2.75, 3.05) is 5.75 Å². The molecule has 0 aliphatic rings. The zero-order valence-electron chi connectivity index (χ0n) is 7.62. The molecule has 0 spiro atoms. The third-order valence-electron chi connectivity index (χ3n) is 1.51. The Morgan fingerprint density at radius 1 is 1.62 bits per heavy atom. The van der Waals surface area contributed by atoms with E-state index in [0.717, 1.165) is 29.5 Å². The van der Waals surface area contributed by atoms with Crippen molar-refractivity contribution in [2.24, 2.45) is 0 Å². The molecule has 0 N–H and O–H groups in total. The van der Waals surface area contributed by atoms with Crippen molar-refractivity contribution in [3.05, 3.63) is 12.0 Å². The highest BCUT2D eigenvalue weighted by Gasteiger charge is 1.99. The summed E-state index contributed by atoms with van der Waals surface area (Å²) in [6, 6.07) is 2.12. The summed E-state index contributed by atoms with van der Waals surface area (Å²) in [7, 11) is 0. The lowest BCUT2D eigenvalue weighted by Gasteiger charge is -1.93. The molecule has 0 saturated heterocycles. The average Bonchev–Trinajstić information content (AvgIpc) is 2.51. The number of rotatable bonds is 5. The maximum Gasteiger partial charge on any atom is 0.255 e. The van der Waals surface area contributed by atoms with Gasteiger partial charge in [-0.25, -0.2) is 4.98 Å². The van der Waals surface area contributed by atoms with Gasteiger partial charge in [0.15, 0.2) is 0 Å². The summed E-state index contributed by atoms with van der Waals surface area (Å²) < 4.78 is 5.16. The average molecular weight is 196 g/mol. The molecule has 0 aliphatic carbocycles. The van der Waals surface area contributed by atoms with Crippen molar-refractivity contribution in [3.8, 4) is 6.07 Å². The number of nitriles is 1. The van der Waals surface area contributed by atoms with Crippen molar-refractivity contribution in [3.63, 3.8) is 0 Å². The lowest BCUT2D eigenvalue weighted by molar-refractivity contribution is 0.454. The number of aromatic nitrogens is 1. The Morgan fingerprint density at radius 2 is 2.46 bits per heavy atom. The second kappa shape index (κ2) is 5.65. The standard InChI is InChI=1S/C9H12N2OS/c1-8-7-12-9(11-8)13-6-4-2-3-5-10/h7H,2-4,6H2,1H3. The first-order chi connectivity index (χ1) is 6.33. The highest BCUT2D eigenvalue weighted by Crippen LogP contribution is 2.18. The van der Waals surface area contributed by atoms with E-state index in [9.17, 15) is 0 Å². The highest BCUT2D eigenvalue weighted by atomic mass is 32.2. The van der Waals surface area contributed by atoms with E-state index in [1.807, 2.05) is 6.92 Å². The summed E-state index contributed by atoms with van der Waals surface area (Å²) in [6.45, 7) is 1.91. The van der Waals surface area contributed by atoms with E-state index in [4.69, 9.17) is 9.68 Å². The fraction of sp³-hybridized carbons (Fsp3) is 0.556. The topological polar surface area (TPSA) is 49.8 Å². The molecule has 0 aromatic carbocycles. The van der Waals surface area contributed by atoms with Gasteiger partial charge in [0.2, 0.25) is 0 Å². The lowest BCUT2D eigenvalue weighted by atomic mass is 10.3. The van der Waals surface area contributed by atoms with E-state index >= 15 is 0 Å². The molecule has 1 aromatic rings. The van der Waals surface area contributed by atoms with Crippen molar-refractivity contribution in [1.29, 1.82) is 5.26 Å². The number of oxazole rings is 1. The molecule has 0 unspecified atom stereocenters. The molecular weight excluding hydrogens is 184 g/mol. The molecule has 1 heterocycles. The number of aryl methyl sites for hydroxylation is 1. The third kappa shape index (κ3) is 4.00. The molecule has 3 nitrogen and oxygen atoms in total. The molecule has 0 amide bonds. The summed E-state index contributed by atoms with van der Waals surface area (Å²) >= 11 is 1.60. The number of thioether (sulfide) groups is 1. The van der Waals surface area contributed by atoms with Crippen LogP contribution in [-0.2, 0) is 0 Å². The Morgan fingerprint density at radius 3 is 3.08 bits per heavy atom. The maximum absolute atomic E-state index is 8.30. The molecule has 0 fully saturated rings. The van der Waals surface area contributed by atoms with E-state index in [2.05, 4.69) is 11.1 Å². The van der Waals surface area contributed by atoms with Crippen LogP contribution in [0.1, 0.15) is 25.0 Å². The van der Waals surface area contributed by atoms with Gasteiger partial charge >= 0.3 is 0 Å². The summed E-state index contributed by atoms with van der Waals surface area (Å²) in [4.78, 5) is 4.16. The van der Waals surface area contributed by atoms with E-state index in [1.165, 1.54) is 0 Å². The monoisotopic (exact) mass is 196 g/mol. The van der Waals surface area contributed by atoms with Crippen molar-refractivity contribution in [2.45, 2.75) is 31.4 Å². The molecule has 1 aromatic heterocycles. The zero-order valence-corrected chi connectivity index (χ0v) is 8.43. The minimum atomic E-state index is 0.644. The van der Waals surface area contributed by atoms with Crippen molar-refractivity contribution < 1.29 is 4.42 Å². The normalized spacial score (nSPS) is 9.85. The predicted octanol–water partition coefficient (Wildman–Crippen LogP) is 2.77. The first kappa shape index (κ1) is 10.1. The molecule has 1 rings (SSSR count). The maximum atomic E-state index is 8.30. The van der Waals surface area contributed by atoms with Crippen LogP contribution in [-0.4, -0.2) is 10.7 Å². The summed E-state index contributed by atoms with van der Waals surface area (Å²) in [5.41, 5.74) is 0.916. The number of hydrogen-bond donors (Lipinski definition) is 0. The largest absolute Gasteiger partial charge is 0.440 e. The lowest BCUT2D eigenvalue weighted by Crippen LogP contribution is -1.80. The van der Waals surface area contributed by atoms with Gasteiger partial charge in [0.05, 0.1) is 11.8 Å². The van der Waals surface area contributed by atoms with Gasteiger partial charge in [0.1, 0.15) is 6.26 Å². The van der Waals surface area contributed by atoms with Gasteiger partial charge < -0.3 is 4.42 Å². The Balaban J connectivity index is 2.10. The Bertz CT molecular complexity index is 290. The van der Waals surface area contributed by atoms with E-state index in [0.29, 0.717) is 6.42 Å². The van der Waals surface area contributed by atoms with Crippen molar-refractivity contribution in [1.82, 2.24) is 4.98 Å². The van der Waals surface area contributed by atoms with E-state index in [-0.39, 0.29) is 0 Å². The van der Waals surface area contributed by atoms with Crippen LogP contribution in [0.2, 0.25) is 0 Å². The number of hydrogen-bond acceptors (Lipinski definition) is 4. The van der Waals surface area contributed by atoms with Crippen LogP contribution in [0.3, 0.4) is 0 Å². The smallest absolute Gasteiger partial charge is 0.255 e. The fourth-order valence-corrected chi connectivity index (χ4v) is 1.71. The minimum Gasteiger partial charge on any atom is -0.440 e. The highest BCUT2D eigenvalue weighted by molar-refractivity contribution is 7.99. The summed E-state index contributed by atoms with van der Waals surface area (Å²) in [5, 5.41) is 9.03. The molecule has 0 bridgehead atoms. The molecule has 0 aliphatic heterocycles. The van der Waals surface area contributed by atoms with Crippen molar-refractivity contribution >= 4 is 11.8 Å². The summed E-state index contributed by atoms with van der Waals surface area (Å²) in [6.07, 6.45) is 4.30. The van der Waals surface area contributed by atoms with Gasteiger partial charge in [-0.15, -0.1) is 0 Å². The predicted molar refractivity (Wildman–Crippen MR) is 51.4 cm³/mol. The number of nitrogens with zero attached hydrogens (tertiary/aromatic N) is 2. The van der Waals surface area contributed by atoms with Gasteiger partial charge in [0.25, 0.3) is 5.22 Å². The molecular formula is C9H12N2OS. The second-order valence-electron chi connectivity index (χ2n) is 2.72. The second-order valence-corrected chi connectivity index (χ2v) is 3.76. The molecule has 0 saturated carbocycles. The molecule has 4 heteroatoms. The van der Waals surface area contributed by atoms with Crippen LogP contribution < -0.4 is 0 Å². The van der Waals surface area contributed by atoms with Gasteiger partial charge in [-0.1, -0.05) is 11.8 Å². The van der Waals surface area contributed by atoms with Crippen LogP contribution in [0.25, 0.3) is 0 Å². The van der Waals surface area contributed by atoms with Gasteiger partial charge in [-0.05, 0) is 19.8 Å². The van der Waals surface area contributed by atoms with Gasteiger partial charge in [0, 0.05) is 12.2 Å². The van der Waals surface area contributed by atoms with Crippen LogP contribution in [0, 0.1) is 18.3 Å². The Kier molecular flexibility index (Phi) is 4.41. The summed E-state index contributed by atoms with van der Waals surface area (Å²) in [5.74, 6) is 0.974. The zero-order chi connectivity index (χ0) is 9.52. The first-order valence-corrected chi connectivity index (χ1v) is 5.23. The van der Waals surface area contributed by atoms with Gasteiger partial charge in [-0.2, -0.15) is 5.26 Å². The minimum absolute atomic E-state index is 0.644.